The van der Waals surface area contributed by atoms with Crippen LogP contribution in [0.25, 0.3) is 10.1 Å². The van der Waals surface area contributed by atoms with Gasteiger partial charge in [-0.05, 0) is 98.6 Å². The highest BCUT2D eigenvalue weighted by molar-refractivity contribution is 7.21. The summed E-state index contributed by atoms with van der Waals surface area (Å²) in [5.41, 5.74) is -0.666. The number of hydrogen-bond donors (Lipinski definition) is 3. The Hall–Kier alpha value is -3.26. The number of hydrogen-bond acceptors (Lipinski definition) is 5. The average molecular weight is 693 g/mol. The Morgan fingerprint density at radius 3 is 2.42 bits per heavy atom. The number of nitrogens with one attached hydrogen (secondary N) is 1. The van der Waals surface area contributed by atoms with Crippen LogP contribution in [0.5, 0.6) is 0 Å². The van der Waals surface area contributed by atoms with Crippen LogP contribution in [0, 0.1) is 33.5 Å². The van der Waals surface area contributed by atoms with Crippen molar-refractivity contribution in [2.45, 2.75) is 96.8 Å². The van der Waals surface area contributed by atoms with Crippen LogP contribution >= 0.6 is 11.3 Å². The summed E-state index contributed by atoms with van der Waals surface area (Å²) in [4.78, 5) is 31.5. The number of allylic oxidation sites excluding steroid dienone is 4. The Balaban J connectivity index is 1.17. The summed E-state index contributed by atoms with van der Waals surface area (Å²) in [5, 5.41) is 28.3. The lowest BCUT2D eigenvalue weighted by Crippen LogP contribution is -2.67. The third-order valence-electron chi connectivity index (χ3n) is 14.5. The summed E-state index contributed by atoms with van der Waals surface area (Å²) in [6, 6.07) is 20.0. The zero-order chi connectivity index (χ0) is 35.1. The number of carbonyl (C=O) groups is 2. The van der Waals surface area contributed by atoms with Gasteiger partial charge >= 0.3 is 6.03 Å². The first-order valence-electron chi connectivity index (χ1n) is 18.9. The third-order valence-corrected chi connectivity index (χ3v) is 15.6. The molecule has 7 heteroatoms. The van der Waals surface area contributed by atoms with Gasteiger partial charge in [-0.25, -0.2) is 4.79 Å². The van der Waals surface area contributed by atoms with Gasteiger partial charge in [0.05, 0.1) is 29.2 Å². The van der Waals surface area contributed by atoms with Gasteiger partial charge in [-0.3, -0.25) is 4.79 Å². The number of Topliss-reactive ketones (excluding diaryl/α,β-unsaturated/α-hetero) is 1. The maximum absolute atomic E-state index is 15.0. The molecule has 0 aliphatic heterocycles. The molecule has 3 saturated carbocycles. The van der Waals surface area contributed by atoms with E-state index in [0.717, 1.165) is 64.6 Å². The van der Waals surface area contributed by atoms with Crippen molar-refractivity contribution in [3.8, 4) is 0 Å². The second-order valence-corrected chi connectivity index (χ2v) is 17.9. The highest BCUT2D eigenvalue weighted by Crippen LogP contribution is 2.78. The third kappa shape index (κ3) is 4.71. The van der Waals surface area contributed by atoms with Crippen molar-refractivity contribution >= 4 is 33.2 Å². The van der Waals surface area contributed by atoms with Gasteiger partial charge in [-0.15, -0.1) is 11.3 Å². The molecule has 2 aromatic carbocycles. The van der Waals surface area contributed by atoms with Crippen LogP contribution in [0.4, 0.5) is 4.79 Å². The fraction of sp³-hybridized carbons (Fsp3) is 0.535. The summed E-state index contributed by atoms with van der Waals surface area (Å²) in [6.07, 6.45) is 12.9. The van der Waals surface area contributed by atoms with Gasteiger partial charge in [0.1, 0.15) is 0 Å². The molecule has 2 spiro atoms. The van der Waals surface area contributed by atoms with Crippen LogP contribution in [0.1, 0.15) is 100 Å². The van der Waals surface area contributed by atoms with Crippen molar-refractivity contribution in [1.29, 1.82) is 0 Å². The lowest BCUT2D eigenvalue weighted by Gasteiger charge is -2.71. The highest BCUT2D eigenvalue weighted by Gasteiger charge is 2.74. The maximum Gasteiger partial charge on any atom is 0.317 e. The summed E-state index contributed by atoms with van der Waals surface area (Å²) >= 11 is 1.57. The molecule has 2 amide bonds. The lowest BCUT2D eigenvalue weighted by molar-refractivity contribution is -0.174. The minimum atomic E-state index is -1.10. The molecule has 9 atom stereocenters. The molecule has 2 bridgehead atoms. The Labute approximate surface area is 300 Å². The molecule has 6 aliphatic carbocycles. The van der Waals surface area contributed by atoms with Gasteiger partial charge in [0, 0.05) is 33.1 Å². The molecular formula is C43H52N2O4S. The van der Waals surface area contributed by atoms with Crippen molar-refractivity contribution < 1.29 is 19.8 Å². The summed E-state index contributed by atoms with van der Waals surface area (Å²) in [6.45, 7) is 9.58. The Kier molecular flexibility index (Phi) is 8.05. The second-order valence-electron chi connectivity index (χ2n) is 16.8. The molecule has 0 saturated heterocycles. The van der Waals surface area contributed by atoms with Crippen LogP contribution in [-0.4, -0.2) is 51.7 Å². The van der Waals surface area contributed by atoms with Gasteiger partial charge in [0.2, 0.25) is 0 Å². The van der Waals surface area contributed by atoms with E-state index in [-0.39, 0.29) is 53.2 Å². The minimum absolute atomic E-state index is 0.0383. The first kappa shape index (κ1) is 33.9. The monoisotopic (exact) mass is 692 g/mol. The fourth-order valence-electron chi connectivity index (χ4n) is 11.8. The first-order valence-corrected chi connectivity index (χ1v) is 19.7. The summed E-state index contributed by atoms with van der Waals surface area (Å²) in [5.74, 6) is 0.368. The average Bonchev–Trinajstić information content (AvgIpc) is 3.66. The molecule has 264 valence electrons. The molecule has 6 aliphatic rings. The molecule has 9 rings (SSSR count). The number of aliphatic hydroxyl groups excluding tert-OH is 1. The van der Waals surface area contributed by atoms with Crippen molar-refractivity contribution in [2.75, 3.05) is 13.1 Å². The number of carbonyl (C=O) groups excluding carboxylic acids is 2. The smallest absolute Gasteiger partial charge is 0.317 e. The van der Waals surface area contributed by atoms with E-state index in [4.69, 9.17) is 0 Å². The van der Waals surface area contributed by atoms with E-state index < -0.39 is 16.4 Å². The number of ketones is 1. The maximum atomic E-state index is 15.0. The molecule has 1 aromatic heterocycles. The Morgan fingerprint density at radius 1 is 0.960 bits per heavy atom. The fourth-order valence-corrected chi connectivity index (χ4v) is 12.8. The topological polar surface area (TPSA) is 89.9 Å². The Morgan fingerprint density at radius 2 is 1.66 bits per heavy atom. The SMILES string of the molecule is CCCN(CC1(O)CCC2C34C=CC5(C=C3C(=O)c3cc6ccccc6s3)CC(O)CCC5(C)C4CCC21C)C(=O)NC(C)c1ccccc1. The molecule has 0 radical (unpaired) electrons. The van der Waals surface area contributed by atoms with E-state index in [1.807, 2.05) is 54.3 Å². The van der Waals surface area contributed by atoms with E-state index in [1.54, 1.807) is 11.3 Å². The molecule has 3 aromatic rings. The number of thiophene rings is 1. The van der Waals surface area contributed by atoms with E-state index in [0.29, 0.717) is 19.4 Å². The minimum Gasteiger partial charge on any atom is -0.393 e. The summed E-state index contributed by atoms with van der Waals surface area (Å²) in [7, 11) is 0. The molecule has 9 unspecified atom stereocenters. The molecular weight excluding hydrogens is 641 g/mol. The molecule has 3 fully saturated rings. The zero-order valence-electron chi connectivity index (χ0n) is 30.0. The number of urea groups is 1. The number of rotatable bonds is 8. The molecule has 1 heterocycles. The lowest BCUT2D eigenvalue weighted by atomic mass is 9.32. The number of amides is 2. The standard InChI is InChI=1S/C43H52N2O4S/c1-5-23-45(38(48)44-28(2)29-11-7-6-8-12-29)27-42(49)20-17-36-40(42,4)19-16-35-39(3)18-15-31(46)25-41(39)21-22-43(35,36)32(26-41)37(47)34-24-30-13-9-10-14-33(30)50-34/h6-14,21-22,24,26,28,31,35-36,46,49H,5,15-20,23,25,27H2,1-4H3,(H,44,48). The van der Waals surface area contributed by atoms with Crippen LogP contribution in [0.15, 0.2) is 84.5 Å². The predicted octanol–water partition coefficient (Wildman–Crippen LogP) is 8.86. The first-order chi connectivity index (χ1) is 23.9. The molecule has 50 heavy (non-hydrogen) atoms. The van der Waals surface area contributed by atoms with Crippen molar-refractivity contribution in [3.63, 3.8) is 0 Å². The number of benzene rings is 2. The zero-order valence-corrected chi connectivity index (χ0v) is 30.8. The van der Waals surface area contributed by atoms with Gasteiger partial charge in [0.25, 0.3) is 0 Å². The number of aliphatic hydroxyl groups is 2. The van der Waals surface area contributed by atoms with E-state index in [2.05, 4.69) is 62.5 Å². The largest absolute Gasteiger partial charge is 0.393 e. The van der Waals surface area contributed by atoms with Crippen molar-refractivity contribution in [1.82, 2.24) is 10.2 Å². The molecule has 6 nitrogen and oxygen atoms in total. The normalized spacial score (nSPS) is 37.4. The number of nitrogens with zero attached hydrogens (tertiary/aromatic N) is 1. The predicted molar refractivity (Wildman–Crippen MR) is 200 cm³/mol. The Bertz CT molecular complexity index is 1850. The molecule has 3 N–H and O–H groups in total. The van der Waals surface area contributed by atoms with Crippen molar-refractivity contribution in [2.24, 2.45) is 33.5 Å². The van der Waals surface area contributed by atoms with E-state index in [9.17, 15) is 15.0 Å². The van der Waals surface area contributed by atoms with Gasteiger partial charge in [-0.2, -0.15) is 0 Å². The van der Waals surface area contributed by atoms with Gasteiger partial charge in [-0.1, -0.05) is 87.5 Å². The summed E-state index contributed by atoms with van der Waals surface area (Å²) < 4.78 is 1.11. The van der Waals surface area contributed by atoms with Crippen LogP contribution < -0.4 is 5.32 Å². The quantitative estimate of drug-likeness (QED) is 0.163. The van der Waals surface area contributed by atoms with Crippen LogP contribution in [0.3, 0.4) is 0 Å². The van der Waals surface area contributed by atoms with Crippen LogP contribution in [-0.2, 0) is 0 Å². The number of fused-ring (bicyclic) bond motifs is 2. The van der Waals surface area contributed by atoms with E-state index >= 15 is 4.79 Å². The van der Waals surface area contributed by atoms with Crippen molar-refractivity contribution in [3.05, 3.63) is 94.9 Å². The van der Waals surface area contributed by atoms with Gasteiger partial charge < -0.3 is 20.4 Å². The van der Waals surface area contributed by atoms with E-state index in [1.165, 1.54) is 0 Å². The van der Waals surface area contributed by atoms with Crippen LogP contribution in [0.2, 0.25) is 0 Å². The van der Waals surface area contributed by atoms with Gasteiger partial charge in [0.15, 0.2) is 5.78 Å². The highest BCUT2D eigenvalue weighted by atomic mass is 32.1. The second kappa shape index (κ2) is 11.9.